The maximum atomic E-state index is 5.84. The summed E-state index contributed by atoms with van der Waals surface area (Å²) in [4.78, 5) is 2.26. The molecular weight excluding hydrogens is 276 g/mol. The lowest BCUT2D eigenvalue weighted by Crippen LogP contribution is -2.31. The van der Waals surface area contributed by atoms with Gasteiger partial charge >= 0.3 is 0 Å². The minimum atomic E-state index is 0.157. The minimum absolute atomic E-state index is 0.157. The summed E-state index contributed by atoms with van der Waals surface area (Å²) in [7, 11) is 4.24. The SMILES string of the molecule is CN(C)C(CC(C)(C)CN)c1ccccc1Br. The highest BCUT2D eigenvalue weighted by molar-refractivity contribution is 9.10. The molecule has 1 unspecified atom stereocenters. The van der Waals surface area contributed by atoms with Crippen LogP contribution in [0.1, 0.15) is 31.9 Å². The van der Waals surface area contributed by atoms with Crippen LogP contribution in [0.3, 0.4) is 0 Å². The van der Waals surface area contributed by atoms with E-state index in [1.807, 2.05) is 6.07 Å². The zero-order valence-electron chi connectivity index (χ0n) is 11.2. The van der Waals surface area contributed by atoms with Crippen LogP contribution < -0.4 is 5.73 Å². The summed E-state index contributed by atoms with van der Waals surface area (Å²) in [5.41, 5.74) is 7.33. The molecule has 0 aliphatic rings. The van der Waals surface area contributed by atoms with Gasteiger partial charge in [-0.3, -0.25) is 0 Å². The highest BCUT2D eigenvalue weighted by atomic mass is 79.9. The van der Waals surface area contributed by atoms with E-state index >= 15 is 0 Å². The molecule has 3 heteroatoms. The van der Waals surface area contributed by atoms with Crippen molar-refractivity contribution in [1.82, 2.24) is 4.90 Å². The van der Waals surface area contributed by atoms with Gasteiger partial charge in [0.25, 0.3) is 0 Å². The molecule has 0 saturated heterocycles. The predicted molar refractivity (Wildman–Crippen MR) is 78.0 cm³/mol. The fourth-order valence-electron chi connectivity index (χ4n) is 1.92. The fraction of sp³-hybridized carbons (Fsp3) is 0.571. The molecule has 0 saturated carbocycles. The second kappa shape index (κ2) is 5.98. The molecule has 0 aliphatic carbocycles. The van der Waals surface area contributed by atoms with E-state index in [4.69, 9.17) is 5.73 Å². The van der Waals surface area contributed by atoms with Crippen molar-refractivity contribution in [3.63, 3.8) is 0 Å². The van der Waals surface area contributed by atoms with Gasteiger partial charge in [-0.2, -0.15) is 0 Å². The Morgan fingerprint density at radius 1 is 1.29 bits per heavy atom. The Morgan fingerprint density at radius 2 is 1.88 bits per heavy atom. The van der Waals surface area contributed by atoms with Crippen molar-refractivity contribution >= 4 is 15.9 Å². The summed E-state index contributed by atoms with van der Waals surface area (Å²) in [6.45, 7) is 5.16. The van der Waals surface area contributed by atoms with Crippen molar-refractivity contribution in [3.8, 4) is 0 Å². The van der Waals surface area contributed by atoms with Crippen LogP contribution in [-0.2, 0) is 0 Å². The molecule has 1 aromatic rings. The van der Waals surface area contributed by atoms with Gasteiger partial charge in [-0.15, -0.1) is 0 Å². The molecule has 2 nitrogen and oxygen atoms in total. The number of nitrogens with two attached hydrogens (primary N) is 1. The molecule has 1 atom stereocenters. The average molecular weight is 299 g/mol. The highest BCUT2D eigenvalue weighted by Gasteiger charge is 2.25. The van der Waals surface area contributed by atoms with Gasteiger partial charge in [-0.25, -0.2) is 0 Å². The van der Waals surface area contributed by atoms with Gasteiger partial charge in [0, 0.05) is 10.5 Å². The normalized spacial score (nSPS) is 14.1. The maximum Gasteiger partial charge on any atom is 0.0358 e. The predicted octanol–water partition coefficient (Wildman–Crippen LogP) is 3.43. The van der Waals surface area contributed by atoms with Crippen molar-refractivity contribution in [1.29, 1.82) is 0 Å². The van der Waals surface area contributed by atoms with Crippen LogP contribution in [0.4, 0.5) is 0 Å². The number of rotatable bonds is 5. The zero-order chi connectivity index (χ0) is 13.1. The van der Waals surface area contributed by atoms with E-state index in [0.29, 0.717) is 12.6 Å². The van der Waals surface area contributed by atoms with Crippen molar-refractivity contribution in [2.24, 2.45) is 11.1 Å². The Bertz CT molecular complexity index is 361. The molecule has 0 aliphatic heterocycles. The molecule has 1 rings (SSSR count). The summed E-state index contributed by atoms with van der Waals surface area (Å²) in [5, 5.41) is 0. The van der Waals surface area contributed by atoms with Crippen molar-refractivity contribution < 1.29 is 0 Å². The van der Waals surface area contributed by atoms with Gasteiger partial charge in [0.05, 0.1) is 0 Å². The molecule has 0 bridgehead atoms. The number of hydrogen-bond acceptors (Lipinski definition) is 2. The lowest BCUT2D eigenvalue weighted by Gasteiger charge is -2.33. The van der Waals surface area contributed by atoms with E-state index in [0.717, 1.165) is 6.42 Å². The van der Waals surface area contributed by atoms with Gasteiger partial charge in [0.2, 0.25) is 0 Å². The Morgan fingerprint density at radius 3 is 2.35 bits per heavy atom. The number of hydrogen-bond donors (Lipinski definition) is 1. The summed E-state index contributed by atoms with van der Waals surface area (Å²) in [5.74, 6) is 0. The highest BCUT2D eigenvalue weighted by Crippen LogP contribution is 2.35. The molecule has 0 radical (unpaired) electrons. The number of benzene rings is 1. The van der Waals surface area contributed by atoms with Crippen LogP contribution in [0.5, 0.6) is 0 Å². The standard InChI is InChI=1S/C14H23BrN2/c1-14(2,10-16)9-13(17(3)4)11-7-5-6-8-12(11)15/h5-8,13H,9-10,16H2,1-4H3. The van der Waals surface area contributed by atoms with E-state index in [9.17, 15) is 0 Å². The molecule has 0 fully saturated rings. The smallest absolute Gasteiger partial charge is 0.0358 e. The van der Waals surface area contributed by atoms with Crippen molar-refractivity contribution in [3.05, 3.63) is 34.3 Å². The van der Waals surface area contributed by atoms with E-state index in [2.05, 4.69) is 67.0 Å². The Kier molecular flexibility index (Phi) is 5.17. The molecule has 0 spiro atoms. The second-order valence-electron chi connectivity index (χ2n) is 5.57. The molecule has 1 aromatic carbocycles. The van der Waals surface area contributed by atoms with Crippen LogP contribution in [-0.4, -0.2) is 25.5 Å². The lowest BCUT2D eigenvalue weighted by molar-refractivity contribution is 0.202. The van der Waals surface area contributed by atoms with Crippen LogP contribution >= 0.6 is 15.9 Å². The van der Waals surface area contributed by atoms with Gasteiger partial charge in [0.1, 0.15) is 0 Å². The summed E-state index contributed by atoms with van der Waals surface area (Å²) < 4.78 is 1.17. The summed E-state index contributed by atoms with van der Waals surface area (Å²) in [6, 6.07) is 8.81. The fourth-order valence-corrected chi connectivity index (χ4v) is 2.47. The van der Waals surface area contributed by atoms with E-state index in [1.165, 1.54) is 10.0 Å². The van der Waals surface area contributed by atoms with E-state index in [-0.39, 0.29) is 5.41 Å². The summed E-state index contributed by atoms with van der Waals surface area (Å²) >= 11 is 3.64. The van der Waals surface area contributed by atoms with E-state index in [1.54, 1.807) is 0 Å². The van der Waals surface area contributed by atoms with Gasteiger partial charge in [-0.1, -0.05) is 48.0 Å². The molecule has 0 amide bonds. The zero-order valence-corrected chi connectivity index (χ0v) is 12.8. The maximum absolute atomic E-state index is 5.84. The Balaban J connectivity index is 2.99. The monoisotopic (exact) mass is 298 g/mol. The third kappa shape index (κ3) is 4.09. The Labute approximate surface area is 113 Å². The van der Waals surface area contributed by atoms with Crippen LogP contribution in [0.15, 0.2) is 28.7 Å². The average Bonchev–Trinajstić information content (AvgIpc) is 2.27. The summed E-state index contributed by atoms with van der Waals surface area (Å²) in [6.07, 6.45) is 1.05. The second-order valence-corrected chi connectivity index (χ2v) is 6.43. The molecule has 0 heterocycles. The van der Waals surface area contributed by atoms with Crippen molar-refractivity contribution in [2.45, 2.75) is 26.3 Å². The first-order valence-corrected chi connectivity index (χ1v) is 6.77. The first-order chi connectivity index (χ1) is 7.87. The van der Waals surface area contributed by atoms with Crippen LogP contribution in [0, 0.1) is 5.41 Å². The van der Waals surface area contributed by atoms with Gasteiger partial charge in [0.15, 0.2) is 0 Å². The number of halogens is 1. The molecule has 96 valence electrons. The quantitative estimate of drug-likeness (QED) is 0.902. The van der Waals surface area contributed by atoms with Gasteiger partial charge < -0.3 is 10.6 Å². The molecule has 17 heavy (non-hydrogen) atoms. The van der Waals surface area contributed by atoms with Crippen LogP contribution in [0.25, 0.3) is 0 Å². The minimum Gasteiger partial charge on any atom is -0.330 e. The first kappa shape index (κ1) is 14.7. The molecule has 0 aromatic heterocycles. The third-order valence-corrected chi connectivity index (χ3v) is 3.91. The third-order valence-electron chi connectivity index (χ3n) is 3.19. The number of nitrogens with zero attached hydrogens (tertiary/aromatic N) is 1. The topological polar surface area (TPSA) is 29.3 Å². The van der Waals surface area contributed by atoms with Crippen molar-refractivity contribution in [2.75, 3.05) is 20.6 Å². The molecular formula is C14H23BrN2. The lowest BCUT2D eigenvalue weighted by atomic mass is 9.83. The van der Waals surface area contributed by atoms with Crippen LogP contribution in [0.2, 0.25) is 0 Å². The van der Waals surface area contributed by atoms with E-state index < -0.39 is 0 Å². The first-order valence-electron chi connectivity index (χ1n) is 5.98. The molecule has 2 N–H and O–H groups in total. The largest absolute Gasteiger partial charge is 0.330 e. The van der Waals surface area contributed by atoms with Gasteiger partial charge in [-0.05, 0) is 44.1 Å². The Hall–Kier alpha value is -0.380.